The number of nitrogens with zero attached hydrogens (tertiary/aromatic N) is 4. The number of carbonyl (C=O) groups excluding carboxylic acids is 1. The Morgan fingerprint density at radius 3 is 2.79 bits per heavy atom. The molecule has 2 N–H and O–H groups in total. The fraction of sp³-hybridized carbons (Fsp3) is 0.133. The van der Waals surface area contributed by atoms with Crippen LogP contribution in [-0.4, -0.2) is 30.8 Å². The van der Waals surface area contributed by atoms with Crippen LogP contribution in [0.5, 0.6) is 0 Å². The molecular formula is C15H14N6O3. The summed E-state index contributed by atoms with van der Waals surface area (Å²) in [6.07, 6.45) is 3.19. The van der Waals surface area contributed by atoms with Gasteiger partial charge < -0.3 is 15.4 Å². The van der Waals surface area contributed by atoms with Crippen molar-refractivity contribution in [3.63, 3.8) is 0 Å². The Morgan fingerprint density at radius 2 is 2.12 bits per heavy atom. The van der Waals surface area contributed by atoms with Gasteiger partial charge in [0.1, 0.15) is 0 Å². The molecule has 122 valence electrons. The maximum Gasteiger partial charge on any atom is 0.343 e. The topological polar surface area (TPSA) is 119 Å². The smallest absolute Gasteiger partial charge is 0.343 e. The van der Waals surface area contributed by atoms with E-state index >= 15 is 0 Å². The first-order chi connectivity index (χ1) is 11.5. The molecule has 0 radical (unpaired) electrons. The van der Waals surface area contributed by atoms with Gasteiger partial charge in [0.05, 0.1) is 24.5 Å². The highest BCUT2D eigenvalue weighted by molar-refractivity contribution is 6.02. The Bertz CT molecular complexity index is 881. The number of rotatable bonds is 5. The summed E-state index contributed by atoms with van der Waals surface area (Å²) in [6.45, 7) is 2.59. The first-order valence-corrected chi connectivity index (χ1v) is 7.10. The summed E-state index contributed by atoms with van der Waals surface area (Å²) < 4.78 is 1.69. The minimum atomic E-state index is -0.649. The number of aryl methyl sites for hydroxylation is 1. The maximum absolute atomic E-state index is 12.0. The second-order valence-electron chi connectivity index (χ2n) is 5.26. The summed E-state index contributed by atoms with van der Waals surface area (Å²) in [7, 11) is 0. The highest BCUT2D eigenvalue weighted by atomic mass is 16.6. The van der Waals surface area contributed by atoms with Crippen LogP contribution in [0.4, 0.5) is 11.5 Å². The van der Waals surface area contributed by atoms with Crippen molar-refractivity contribution in [3.05, 3.63) is 69.7 Å². The minimum absolute atomic E-state index is 0.0621. The molecule has 0 unspecified atom stereocenters. The summed E-state index contributed by atoms with van der Waals surface area (Å²) in [6, 6.07) is 9.14. The third kappa shape index (κ3) is 3.46. The van der Waals surface area contributed by atoms with E-state index in [1.54, 1.807) is 10.9 Å². The fourth-order valence-corrected chi connectivity index (χ4v) is 2.11. The quantitative estimate of drug-likeness (QED) is 0.550. The normalized spacial score (nSPS) is 10.5. The Labute approximate surface area is 136 Å². The zero-order valence-electron chi connectivity index (χ0n) is 12.8. The molecule has 0 atom stereocenters. The van der Waals surface area contributed by atoms with E-state index < -0.39 is 10.8 Å². The van der Waals surface area contributed by atoms with E-state index in [0.29, 0.717) is 12.2 Å². The van der Waals surface area contributed by atoms with E-state index in [2.05, 4.69) is 20.6 Å². The lowest BCUT2D eigenvalue weighted by Gasteiger charge is -2.02. The third-order valence-corrected chi connectivity index (χ3v) is 3.35. The van der Waals surface area contributed by atoms with Gasteiger partial charge in [-0.15, -0.1) is 5.10 Å². The summed E-state index contributed by atoms with van der Waals surface area (Å²) in [5.41, 5.74) is 2.69. The molecule has 1 aromatic carbocycles. The number of H-pyrrole nitrogens is 1. The number of nitrogens with one attached hydrogen (secondary N) is 2. The van der Waals surface area contributed by atoms with Crippen LogP contribution in [-0.2, 0) is 6.54 Å². The van der Waals surface area contributed by atoms with Gasteiger partial charge in [-0.2, -0.15) is 5.10 Å². The molecule has 0 saturated heterocycles. The van der Waals surface area contributed by atoms with Crippen LogP contribution in [0.1, 0.15) is 21.6 Å². The molecule has 0 bridgehead atoms. The number of hydrogen-bond acceptors (Lipinski definition) is 5. The molecule has 9 heteroatoms. The summed E-state index contributed by atoms with van der Waals surface area (Å²) in [5, 5.41) is 23.2. The second-order valence-corrected chi connectivity index (χ2v) is 5.26. The molecule has 0 aliphatic rings. The molecule has 24 heavy (non-hydrogen) atoms. The van der Waals surface area contributed by atoms with Gasteiger partial charge in [-0.25, -0.2) is 0 Å². The number of aromatic amines is 1. The van der Waals surface area contributed by atoms with Crippen molar-refractivity contribution < 1.29 is 9.72 Å². The Morgan fingerprint density at radius 1 is 1.38 bits per heavy atom. The Balaban J connectivity index is 1.65. The van der Waals surface area contributed by atoms with Crippen LogP contribution < -0.4 is 5.32 Å². The summed E-state index contributed by atoms with van der Waals surface area (Å²) in [5.74, 6) is -0.885. The highest BCUT2D eigenvalue weighted by Crippen LogP contribution is 2.12. The van der Waals surface area contributed by atoms with Gasteiger partial charge in [-0.05, 0) is 17.4 Å². The number of nitro groups is 1. The Kier molecular flexibility index (Phi) is 4.06. The maximum atomic E-state index is 12.0. The molecule has 2 heterocycles. The predicted octanol–water partition coefficient (Wildman–Crippen LogP) is 2.12. The van der Waals surface area contributed by atoms with Crippen molar-refractivity contribution in [1.29, 1.82) is 0 Å². The monoisotopic (exact) mass is 326 g/mol. The van der Waals surface area contributed by atoms with Gasteiger partial charge in [0, 0.05) is 6.20 Å². The van der Waals surface area contributed by atoms with E-state index in [1.807, 2.05) is 31.2 Å². The number of benzene rings is 1. The largest absolute Gasteiger partial charge is 0.358 e. The molecule has 3 aromatic rings. The van der Waals surface area contributed by atoms with Crippen molar-refractivity contribution in [1.82, 2.24) is 20.0 Å². The van der Waals surface area contributed by atoms with Crippen LogP contribution in [0.15, 0.2) is 42.7 Å². The molecule has 0 aliphatic carbocycles. The number of anilines is 1. The fourth-order valence-electron chi connectivity index (χ4n) is 2.11. The first kappa shape index (κ1) is 15.4. The third-order valence-electron chi connectivity index (χ3n) is 3.35. The van der Waals surface area contributed by atoms with E-state index in [9.17, 15) is 14.9 Å². The molecule has 0 aliphatic heterocycles. The molecule has 1 amide bonds. The molecule has 9 nitrogen and oxygen atoms in total. The van der Waals surface area contributed by atoms with Crippen molar-refractivity contribution in [2.75, 3.05) is 5.32 Å². The number of carbonyl (C=O) groups is 1. The van der Waals surface area contributed by atoms with Gasteiger partial charge in [0.25, 0.3) is 5.91 Å². The molecule has 0 saturated carbocycles. The number of amides is 1. The van der Waals surface area contributed by atoms with E-state index in [4.69, 9.17) is 0 Å². The summed E-state index contributed by atoms with van der Waals surface area (Å²) >= 11 is 0. The van der Waals surface area contributed by atoms with Crippen LogP contribution in [0.2, 0.25) is 0 Å². The van der Waals surface area contributed by atoms with Gasteiger partial charge in [-0.1, -0.05) is 34.9 Å². The van der Waals surface area contributed by atoms with Crippen LogP contribution >= 0.6 is 0 Å². The lowest BCUT2D eigenvalue weighted by atomic mass is 10.1. The van der Waals surface area contributed by atoms with Crippen molar-refractivity contribution in [3.8, 4) is 0 Å². The Hall–Kier alpha value is -3.49. The standard InChI is InChI=1S/C15H14N6O3/c1-10-2-4-11(5-3-10)8-20-9-12(7-16-20)17-15(22)13-6-14(19-18-13)21(23)24/h2-7,9H,8H2,1H3,(H,17,22)(H,18,19). The number of aromatic nitrogens is 4. The average molecular weight is 326 g/mol. The lowest BCUT2D eigenvalue weighted by Crippen LogP contribution is -2.11. The van der Waals surface area contributed by atoms with E-state index in [-0.39, 0.29) is 11.5 Å². The van der Waals surface area contributed by atoms with Crippen molar-refractivity contribution in [2.24, 2.45) is 0 Å². The van der Waals surface area contributed by atoms with Crippen LogP contribution in [0.25, 0.3) is 0 Å². The summed E-state index contributed by atoms with van der Waals surface area (Å²) in [4.78, 5) is 21.9. The number of hydrogen-bond donors (Lipinski definition) is 2. The van der Waals surface area contributed by atoms with Crippen LogP contribution in [0, 0.1) is 17.0 Å². The SMILES string of the molecule is Cc1ccc(Cn2cc(NC(=O)c3cc([N+](=O)[O-])[nH]n3)cn2)cc1. The minimum Gasteiger partial charge on any atom is -0.358 e. The molecule has 2 aromatic heterocycles. The zero-order valence-corrected chi connectivity index (χ0v) is 12.8. The molecule has 3 rings (SSSR count). The van der Waals surface area contributed by atoms with E-state index in [1.165, 1.54) is 11.8 Å². The van der Waals surface area contributed by atoms with Gasteiger partial charge in [-0.3, -0.25) is 9.48 Å². The van der Waals surface area contributed by atoms with Crippen molar-refractivity contribution in [2.45, 2.75) is 13.5 Å². The van der Waals surface area contributed by atoms with Crippen LogP contribution in [0.3, 0.4) is 0 Å². The predicted molar refractivity (Wildman–Crippen MR) is 85.7 cm³/mol. The van der Waals surface area contributed by atoms with E-state index in [0.717, 1.165) is 11.6 Å². The first-order valence-electron chi connectivity index (χ1n) is 7.10. The lowest BCUT2D eigenvalue weighted by molar-refractivity contribution is -0.389. The van der Waals surface area contributed by atoms with Gasteiger partial charge in [0.2, 0.25) is 0 Å². The van der Waals surface area contributed by atoms with Crippen molar-refractivity contribution >= 4 is 17.4 Å². The van der Waals surface area contributed by atoms with Gasteiger partial charge in [0.15, 0.2) is 5.69 Å². The highest BCUT2D eigenvalue weighted by Gasteiger charge is 2.17. The molecular weight excluding hydrogens is 312 g/mol. The molecule has 0 fully saturated rings. The second kappa shape index (κ2) is 6.32. The molecule has 0 spiro atoms. The van der Waals surface area contributed by atoms with Gasteiger partial charge >= 0.3 is 5.82 Å². The zero-order chi connectivity index (χ0) is 17.1. The average Bonchev–Trinajstić information content (AvgIpc) is 3.19.